The van der Waals surface area contributed by atoms with Crippen LogP contribution in [0.1, 0.15) is 55.3 Å². The average Bonchev–Trinajstić information content (AvgIpc) is 2.63. The van der Waals surface area contributed by atoms with Gasteiger partial charge in [-0.25, -0.2) is 9.78 Å². The highest BCUT2D eigenvalue weighted by Gasteiger charge is 2.24. The Morgan fingerprint density at radius 2 is 1.80 bits per heavy atom. The Morgan fingerprint density at radius 1 is 1.16 bits per heavy atom. The highest BCUT2D eigenvalue weighted by Crippen LogP contribution is 2.29. The highest BCUT2D eigenvalue weighted by molar-refractivity contribution is 5.93. The monoisotopic (exact) mass is 349 g/mol. The third kappa shape index (κ3) is 4.91. The van der Waals surface area contributed by atoms with E-state index in [1.54, 1.807) is 0 Å². The molecule has 2 saturated heterocycles. The topological polar surface area (TPSA) is 65.5 Å². The molecule has 2 aliphatic heterocycles. The number of aromatic nitrogens is 1. The standard InChI is InChI=1S/C19H28FN3O2/c20-17-5-4-16(19(24)25)18(22-17)23-12-8-15(9-13-23)3-1-2-14-6-10-21-11-7-14/h4-5,14-15,21H,1-3,6-13H2,(H,24,25). The second kappa shape index (κ2) is 8.61. The Bertz CT molecular complexity index is 582. The number of carboxylic acid groups (broad SMARTS) is 1. The van der Waals surface area contributed by atoms with Gasteiger partial charge in [0.25, 0.3) is 0 Å². The zero-order chi connectivity index (χ0) is 17.6. The molecule has 0 bridgehead atoms. The van der Waals surface area contributed by atoms with E-state index in [0.29, 0.717) is 5.92 Å². The van der Waals surface area contributed by atoms with Gasteiger partial charge in [-0.05, 0) is 62.7 Å². The van der Waals surface area contributed by atoms with Gasteiger partial charge in [-0.15, -0.1) is 0 Å². The summed E-state index contributed by atoms with van der Waals surface area (Å²) in [7, 11) is 0. The van der Waals surface area contributed by atoms with Gasteiger partial charge < -0.3 is 15.3 Å². The van der Waals surface area contributed by atoms with E-state index in [1.807, 2.05) is 4.90 Å². The van der Waals surface area contributed by atoms with Crippen molar-refractivity contribution in [3.63, 3.8) is 0 Å². The van der Waals surface area contributed by atoms with Crippen molar-refractivity contribution in [2.24, 2.45) is 11.8 Å². The van der Waals surface area contributed by atoms with Gasteiger partial charge in [0.1, 0.15) is 11.4 Å². The van der Waals surface area contributed by atoms with Gasteiger partial charge in [0.2, 0.25) is 5.95 Å². The van der Waals surface area contributed by atoms with Crippen LogP contribution in [0.5, 0.6) is 0 Å². The van der Waals surface area contributed by atoms with Crippen LogP contribution in [-0.4, -0.2) is 42.2 Å². The van der Waals surface area contributed by atoms with Gasteiger partial charge in [0.15, 0.2) is 0 Å². The summed E-state index contributed by atoms with van der Waals surface area (Å²) in [6, 6.07) is 2.42. The van der Waals surface area contributed by atoms with Crippen LogP contribution in [0.4, 0.5) is 10.2 Å². The summed E-state index contributed by atoms with van der Waals surface area (Å²) in [5.74, 6) is 0.187. The molecule has 2 fully saturated rings. The normalized spacial score (nSPS) is 20.0. The Kier molecular flexibility index (Phi) is 6.24. The summed E-state index contributed by atoms with van der Waals surface area (Å²) >= 11 is 0. The minimum atomic E-state index is -1.05. The lowest BCUT2D eigenvalue weighted by molar-refractivity contribution is 0.0697. The van der Waals surface area contributed by atoms with Crippen molar-refractivity contribution in [1.82, 2.24) is 10.3 Å². The summed E-state index contributed by atoms with van der Waals surface area (Å²) in [4.78, 5) is 17.1. The Balaban J connectivity index is 1.47. The maximum atomic E-state index is 13.5. The Labute approximate surface area is 148 Å². The quantitative estimate of drug-likeness (QED) is 0.772. The summed E-state index contributed by atoms with van der Waals surface area (Å²) in [5.41, 5.74) is 0.0887. The number of piperidine rings is 2. The van der Waals surface area contributed by atoms with Crippen LogP contribution in [0.25, 0.3) is 0 Å². The number of carboxylic acids is 1. The summed E-state index contributed by atoms with van der Waals surface area (Å²) in [5, 5.41) is 12.7. The molecule has 0 aromatic carbocycles. The van der Waals surface area contributed by atoms with Crippen molar-refractivity contribution < 1.29 is 14.3 Å². The van der Waals surface area contributed by atoms with Gasteiger partial charge in [0.05, 0.1) is 0 Å². The molecule has 5 nitrogen and oxygen atoms in total. The van der Waals surface area contributed by atoms with Gasteiger partial charge >= 0.3 is 5.97 Å². The van der Waals surface area contributed by atoms with E-state index < -0.39 is 11.9 Å². The third-order valence-corrected chi connectivity index (χ3v) is 5.67. The van der Waals surface area contributed by atoms with E-state index in [2.05, 4.69) is 10.3 Å². The van der Waals surface area contributed by atoms with E-state index in [9.17, 15) is 14.3 Å². The first-order chi connectivity index (χ1) is 12.1. The molecule has 0 spiro atoms. The molecule has 25 heavy (non-hydrogen) atoms. The summed E-state index contributed by atoms with van der Waals surface area (Å²) in [6.07, 6.45) is 8.54. The molecular weight excluding hydrogens is 321 g/mol. The number of hydrogen-bond acceptors (Lipinski definition) is 4. The van der Waals surface area contributed by atoms with Crippen molar-refractivity contribution in [2.75, 3.05) is 31.1 Å². The van der Waals surface area contributed by atoms with Crippen LogP contribution in [0.15, 0.2) is 12.1 Å². The van der Waals surface area contributed by atoms with Crippen molar-refractivity contribution in [1.29, 1.82) is 0 Å². The predicted octanol–water partition coefficient (Wildman–Crippen LogP) is 3.31. The molecule has 138 valence electrons. The van der Waals surface area contributed by atoms with Gasteiger partial charge in [0, 0.05) is 13.1 Å². The van der Waals surface area contributed by atoms with Crippen LogP contribution in [0.2, 0.25) is 0 Å². The number of hydrogen-bond donors (Lipinski definition) is 2. The fraction of sp³-hybridized carbons (Fsp3) is 0.684. The Hall–Kier alpha value is -1.69. The van der Waals surface area contributed by atoms with Crippen LogP contribution >= 0.6 is 0 Å². The second-order valence-corrected chi connectivity index (χ2v) is 7.36. The lowest BCUT2D eigenvalue weighted by Crippen LogP contribution is -2.35. The molecule has 0 radical (unpaired) electrons. The van der Waals surface area contributed by atoms with E-state index in [4.69, 9.17) is 0 Å². The van der Waals surface area contributed by atoms with E-state index in [1.165, 1.54) is 38.2 Å². The lowest BCUT2D eigenvalue weighted by atomic mass is 9.87. The van der Waals surface area contributed by atoms with E-state index >= 15 is 0 Å². The maximum absolute atomic E-state index is 13.5. The first-order valence-electron chi connectivity index (χ1n) is 9.49. The number of carbonyl (C=O) groups is 1. The molecule has 6 heteroatoms. The van der Waals surface area contributed by atoms with Crippen molar-refractivity contribution in [2.45, 2.75) is 44.9 Å². The fourth-order valence-electron chi connectivity index (χ4n) is 4.13. The Morgan fingerprint density at radius 3 is 2.44 bits per heavy atom. The molecule has 0 saturated carbocycles. The van der Waals surface area contributed by atoms with Crippen LogP contribution in [0.3, 0.4) is 0 Å². The third-order valence-electron chi connectivity index (χ3n) is 5.67. The molecule has 1 aromatic rings. The minimum Gasteiger partial charge on any atom is -0.478 e. The molecule has 0 atom stereocenters. The van der Waals surface area contributed by atoms with Crippen LogP contribution in [-0.2, 0) is 0 Å². The predicted molar refractivity (Wildman–Crippen MR) is 95.5 cm³/mol. The number of anilines is 1. The highest BCUT2D eigenvalue weighted by atomic mass is 19.1. The van der Waals surface area contributed by atoms with Crippen molar-refractivity contribution >= 4 is 11.8 Å². The largest absolute Gasteiger partial charge is 0.478 e. The first kappa shape index (κ1) is 18.1. The molecule has 3 rings (SSSR count). The van der Waals surface area contributed by atoms with Gasteiger partial charge in [-0.1, -0.05) is 19.3 Å². The smallest absolute Gasteiger partial charge is 0.339 e. The number of rotatable bonds is 6. The molecular formula is C19H28FN3O2. The fourth-order valence-corrected chi connectivity index (χ4v) is 4.13. The molecule has 0 amide bonds. The lowest BCUT2D eigenvalue weighted by Gasteiger charge is -2.33. The van der Waals surface area contributed by atoms with Gasteiger partial charge in [-0.2, -0.15) is 4.39 Å². The van der Waals surface area contributed by atoms with Crippen LogP contribution < -0.4 is 10.2 Å². The molecule has 0 unspecified atom stereocenters. The van der Waals surface area contributed by atoms with Gasteiger partial charge in [-0.3, -0.25) is 0 Å². The zero-order valence-electron chi connectivity index (χ0n) is 14.7. The molecule has 2 aliphatic rings. The number of halogens is 1. The van der Waals surface area contributed by atoms with Crippen molar-refractivity contribution in [3.8, 4) is 0 Å². The van der Waals surface area contributed by atoms with Crippen molar-refractivity contribution in [3.05, 3.63) is 23.6 Å². The van der Waals surface area contributed by atoms with E-state index in [0.717, 1.165) is 51.0 Å². The summed E-state index contributed by atoms with van der Waals surface area (Å²) < 4.78 is 13.5. The molecule has 2 N–H and O–H groups in total. The number of aromatic carboxylic acids is 1. The first-order valence-corrected chi connectivity index (χ1v) is 9.49. The number of nitrogens with zero attached hydrogens (tertiary/aromatic N) is 2. The maximum Gasteiger partial charge on any atom is 0.339 e. The SMILES string of the molecule is O=C(O)c1ccc(F)nc1N1CCC(CCCC2CCNCC2)CC1. The minimum absolute atomic E-state index is 0.0887. The second-order valence-electron chi connectivity index (χ2n) is 7.36. The summed E-state index contributed by atoms with van der Waals surface area (Å²) in [6.45, 7) is 3.84. The molecule has 0 aliphatic carbocycles. The number of nitrogens with one attached hydrogen (secondary N) is 1. The average molecular weight is 349 g/mol. The number of pyridine rings is 1. The zero-order valence-corrected chi connectivity index (χ0v) is 14.7. The molecule has 1 aromatic heterocycles. The van der Waals surface area contributed by atoms with Crippen LogP contribution in [0, 0.1) is 17.8 Å². The molecule has 3 heterocycles. The van der Waals surface area contributed by atoms with E-state index in [-0.39, 0.29) is 11.4 Å².